The van der Waals surface area contributed by atoms with Crippen molar-refractivity contribution in [2.45, 2.75) is 0 Å². The van der Waals surface area contributed by atoms with E-state index in [1.165, 1.54) is 12.1 Å². The summed E-state index contributed by atoms with van der Waals surface area (Å²) < 4.78 is 26.9. The molecule has 7 heteroatoms. The topological polar surface area (TPSA) is 82.2 Å². The number of halogens is 2. The molecule has 0 bridgehead atoms. The van der Waals surface area contributed by atoms with Crippen molar-refractivity contribution in [2.75, 3.05) is 0 Å². The van der Waals surface area contributed by atoms with Crippen LogP contribution in [-0.4, -0.2) is 16.2 Å². The molecule has 0 unspecified atom stereocenters. The molecule has 0 aromatic heterocycles. The van der Waals surface area contributed by atoms with E-state index in [1.807, 2.05) is 0 Å². The first-order chi connectivity index (χ1) is 10.4. The molecule has 0 aliphatic rings. The average Bonchev–Trinajstić information content (AvgIpc) is 2.47. The number of carboxylic acid groups (broad SMARTS) is 1. The molecule has 2 aromatic carbocycles. The fourth-order valence-electron chi connectivity index (χ4n) is 1.66. The van der Waals surface area contributed by atoms with E-state index in [9.17, 15) is 18.7 Å². The number of carboxylic acids is 1. The maximum atomic E-state index is 13.6. The molecule has 2 aromatic rings. The molecule has 2 rings (SSSR count). The van der Waals surface area contributed by atoms with E-state index in [1.54, 1.807) is 0 Å². The van der Waals surface area contributed by atoms with E-state index in [0.717, 1.165) is 18.2 Å². The van der Waals surface area contributed by atoms with E-state index < -0.39 is 23.4 Å². The van der Waals surface area contributed by atoms with Crippen molar-refractivity contribution < 1.29 is 23.8 Å². The highest BCUT2D eigenvalue weighted by atomic mass is 19.1. The molecule has 2 N–H and O–H groups in total. The Balaban J connectivity index is 2.39. The Hall–Kier alpha value is -3.09. The van der Waals surface area contributed by atoms with Crippen LogP contribution in [0.2, 0.25) is 0 Å². The Morgan fingerprint density at radius 3 is 2.50 bits per heavy atom. The number of aromatic carboxylic acids is 1. The second kappa shape index (κ2) is 6.13. The SMILES string of the molecule is C=Cc1cc(N=Nc2ccc(O)c(C(=O)O)c2)c(F)cc1F. The van der Waals surface area contributed by atoms with Crippen molar-refractivity contribution in [1.82, 2.24) is 0 Å². The Morgan fingerprint density at radius 2 is 1.86 bits per heavy atom. The van der Waals surface area contributed by atoms with Gasteiger partial charge in [-0.2, -0.15) is 5.11 Å². The van der Waals surface area contributed by atoms with Crippen LogP contribution < -0.4 is 0 Å². The van der Waals surface area contributed by atoms with Gasteiger partial charge in [-0.25, -0.2) is 13.6 Å². The molecule has 22 heavy (non-hydrogen) atoms. The lowest BCUT2D eigenvalue weighted by Gasteiger charge is -2.02. The summed E-state index contributed by atoms with van der Waals surface area (Å²) in [4.78, 5) is 10.9. The number of hydrogen-bond donors (Lipinski definition) is 2. The highest BCUT2D eigenvalue weighted by Crippen LogP contribution is 2.27. The minimum atomic E-state index is -1.34. The molecule has 0 saturated heterocycles. The van der Waals surface area contributed by atoms with Crippen LogP contribution in [-0.2, 0) is 0 Å². The standard InChI is InChI=1S/C15H10F2N2O3/c1-2-8-5-13(12(17)7-11(8)16)19-18-9-3-4-14(20)10(6-9)15(21)22/h2-7,20H,1H2,(H,21,22). The summed E-state index contributed by atoms with van der Waals surface area (Å²) in [6.07, 6.45) is 1.21. The largest absolute Gasteiger partial charge is 0.507 e. The first kappa shape index (κ1) is 15.3. The van der Waals surface area contributed by atoms with E-state index in [2.05, 4.69) is 16.8 Å². The number of carbonyl (C=O) groups is 1. The predicted molar refractivity (Wildman–Crippen MR) is 75.7 cm³/mol. The van der Waals surface area contributed by atoms with Gasteiger partial charge in [0.25, 0.3) is 0 Å². The maximum Gasteiger partial charge on any atom is 0.339 e. The molecular weight excluding hydrogens is 294 g/mol. The Kier molecular flexibility index (Phi) is 4.26. The zero-order chi connectivity index (χ0) is 16.3. The predicted octanol–water partition coefficient (Wildman–Crippen LogP) is 4.43. The van der Waals surface area contributed by atoms with Gasteiger partial charge in [-0.3, -0.25) is 0 Å². The molecule has 0 radical (unpaired) electrons. The zero-order valence-electron chi connectivity index (χ0n) is 11.1. The summed E-state index contributed by atoms with van der Waals surface area (Å²) in [6, 6.07) is 5.30. The highest BCUT2D eigenvalue weighted by molar-refractivity contribution is 5.91. The maximum absolute atomic E-state index is 13.6. The quantitative estimate of drug-likeness (QED) is 0.820. The Labute approximate surface area is 123 Å². The molecular formula is C15H10F2N2O3. The van der Waals surface area contributed by atoms with Crippen molar-refractivity contribution in [2.24, 2.45) is 10.2 Å². The van der Waals surface area contributed by atoms with Crippen molar-refractivity contribution in [3.8, 4) is 5.75 Å². The van der Waals surface area contributed by atoms with Crippen molar-refractivity contribution >= 4 is 23.4 Å². The Morgan fingerprint density at radius 1 is 1.14 bits per heavy atom. The summed E-state index contributed by atoms with van der Waals surface area (Å²) >= 11 is 0. The number of rotatable bonds is 4. The van der Waals surface area contributed by atoms with Gasteiger partial charge < -0.3 is 10.2 Å². The van der Waals surface area contributed by atoms with Gasteiger partial charge in [-0.1, -0.05) is 12.7 Å². The molecule has 0 heterocycles. The second-order valence-electron chi connectivity index (χ2n) is 4.24. The number of azo groups is 1. The average molecular weight is 304 g/mol. The summed E-state index contributed by atoms with van der Waals surface area (Å²) in [5.41, 5.74) is -0.421. The van der Waals surface area contributed by atoms with Crippen LogP contribution in [0.1, 0.15) is 15.9 Å². The summed E-state index contributed by atoms with van der Waals surface area (Å²) in [7, 11) is 0. The van der Waals surface area contributed by atoms with Gasteiger partial charge in [0, 0.05) is 11.6 Å². The monoisotopic (exact) mass is 304 g/mol. The molecule has 0 atom stereocenters. The molecule has 0 fully saturated rings. The van der Waals surface area contributed by atoms with Crippen LogP contribution in [0.4, 0.5) is 20.2 Å². The number of hydrogen-bond acceptors (Lipinski definition) is 4. The van der Waals surface area contributed by atoms with Gasteiger partial charge in [-0.15, -0.1) is 5.11 Å². The molecule has 0 aliphatic carbocycles. The van der Waals surface area contributed by atoms with Gasteiger partial charge in [0.2, 0.25) is 0 Å². The lowest BCUT2D eigenvalue weighted by atomic mass is 10.2. The number of benzene rings is 2. The zero-order valence-corrected chi connectivity index (χ0v) is 11.1. The molecule has 0 amide bonds. The lowest BCUT2D eigenvalue weighted by Crippen LogP contribution is -1.95. The van der Waals surface area contributed by atoms with Gasteiger partial charge in [-0.05, 0) is 24.3 Å². The van der Waals surface area contributed by atoms with Crippen LogP contribution in [0.5, 0.6) is 5.75 Å². The third-order valence-electron chi connectivity index (χ3n) is 2.77. The van der Waals surface area contributed by atoms with Gasteiger partial charge >= 0.3 is 5.97 Å². The van der Waals surface area contributed by atoms with E-state index in [0.29, 0.717) is 6.07 Å². The van der Waals surface area contributed by atoms with Crippen molar-refractivity contribution in [1.29, 1.82) is 0 Å². The normalized spacial score (nSPS) is 10.8. The molecule has 0 saturated carbocycles. The van der Waals surface area contributed by atoms with Crippen LogP contribution in [0.15, 0.2) is 47.1 Å². The first-order valence-corrected chi connectivity index (χ1v) is 6.02. The molecule has 112 valence electrons. The third-order valence-corrected chi connectivity index (χ3v) is 2.77. The smallest absolute Gasteiger partial charge is 0.339 e. The molecule has 0 aliphatic heterocycles. The van der Waals surface area contributed by atoms with E-state index in [-0.39, 0.29) is 22.5 Å². The Bertz CT molecular complexity index is 789. The van der Waals surface area contributed by atoms with Crippen LogP contribution in [0, 0.1) is 11.6 Å². The minimum absolute atomic E-state index is 0.0623. The van der Waals surface area contributed by atoms with Gasteiger partial charge in [0.15, 0.2) is 5.82 Å². The number of nitrogens with zero attached hydrogens (tertiary/aromatic N) is 2. The first-order valence-electron chi connectivity index (χ1n) is 6.02. The highest BCUT2D eigenvalue weighted by Gasteiger charge is 2.11. The van der Waals surface area contributed by atoms with Crippen LogP contribution in [0.3, 0.4) is 0 Å². The fraction of sp³-hybridized carbons (Fsp3) is 0. The summed E-state index contributed by atoms with van der Waals surface area (Å²) in [6.45, 7) is 3.39. The second-order valence-corrected chi connectivity index (χ2v) is 4.24. The van der Waals surface area contributed by atoms with Gasteiger partial charge in [0.1, 0.15) is 22.8 Å². The van der Waals surface area contributed by atoms with E-state index in [4.69, 9.17) is 5.11 Å². The van der Waals surface area contributed by atoms with Crippen LogP contribution >= 0.6 is 0 Å². The third kappa shape index (κ3) is 3.14. The fourth-order valence-corrected chi connectivity index (χ4v) is 1.66. The molecule has 5 nitrogen and oxygen atoms in total. The number of phenols is 1. The minimum Gasteiger partial charge on any atom is -0.507 e. The van der Waals surface area contributed by atoms with Crippen LogP contribution in [0.25, 0.3) is 6.08 Å². The van der Waals surface area contributed by atoms with E-state index >= 15 is 0 Å². The van der Waals surface area contributed by atoms with Gasteiger partial charge in [0.05, 0.1) is 5.69 Å². The number of aromatic hydroxyl groups is 1. The van der Waals surface area contributed by atoms with Crippen molar-refractivity contribution in [3.05, 3.63) is 59.7 Å². The van der Waals surface area contributed by atoms with Crippen molar-refractivity contribution in [3.63, 3.8) is 0 Å². The summed E-state index contributed by atoms with van der Waals surface area (Å²) in [5.74, 6) is -3.45. The molecule has 0 spiro atoms. The summed E-state index contributed by atoms with van der Waals surface area (Å²) in [5, 5.41) is 25.5. The lowest BCUT2D eigenvalue weighted by molar-refractivity contribution is 0.0694.